The van der Waals surface area contributed by atoms with Crippen LogP contribution in [0.5, 0.6) is 5.75 Å². The van der Waals surface area contributed by atoms with Gasteiger partial charge in [0.1, 0.15) is 10.8 Å². The van der Waals surface area contributed by atoms with Gasteiger partial charge in [-0.3, -0.25) is 0 Å². The van der Waals surface area contributed by atoms with Gasteiger partial charge in [-0.25, -0.2) is 9.78 Å². The van der Waals surface area contributed by atoms with Crippen molar-refractivity contribution in [3.05, 3.63) is 45.4 Å². The number of aromatic nitrogens is 1. The molecule has 0 aliphatic carbocycles. The third-order valence-corrected chi connectivity index (χ3v) is 3.68. The van der Waals surface area contributed by atoms with E-state index in [2.05, 4.69) is 16.4 Å². The maximum atomic E-state index is 10.7. The van der Waals surface area contributed by atoms with Gasteiger partial charge in [0.2, 0.25) is 0 Å². The standard InChI is InChI=1S/C14H16N2O3S/c1-9-5-10(3-4-12(9)19-2)6-15-7-13-16-11(8-20-13)14(17)18/h3-5,8,15H,6-7H2,1-2H3,(H,17,18). The van der Waals surface area contributed by atoms with Crippen molar-refractivity contribution in [2.45, 2.75) is 20.0 Å². The van der Waals surface area contributed by atoms with Gasteiger partial charge in [0, 0.05) is 18.5 Å². The van der Waals surface area contributed by atoms with Crippen LogP contribution < -0.4 is 10.1 Å². The minimum Gasteiger partial charge on any atom is -0.496 e. The second kappa shape index (κ2) is 6.49. The summed E-state index contributed by atoms with van der Waals surface area (Å²) < 4.78 is 5.21. The van der Waals surface area contributed by atoms with Gasteiger partial charge in [0.15, 0.2) is 5.69 Å². The van der Waals surface area contributed by atoms with Crippen LogP contribution in [-0.2, 0) is 13.1 Å². The van der Waals surface area contributed by atoms with Crippen molar-refractivity contribution in [2.24, 2.45) is 0 Å². The van der Waals surface area contributed by atoms with Crippen LogP contribution in [0.3, 0.4) is 0 Å². The van der Waals surface area contributed by atoms with Gasteiger partial charge in [-0.05, 0) is 24.1 Å². The predicted octanol–water partition coefficient (Wildman–Crippen LogP) is 2.45. The van der Waals surface area contributed by atoms with Crippen molar-refractivity contribution in [3.63, 3.8) is 0 Å². The topological polar surface area (TPSA) is 71.5 Å². The fourth-order valence-corrected chi connectivity index (χ4v) is 2.59. The van der Waals surface area contributed by atoms with Crippen LogP contribution in [0.15, 0.2) is 23.6 Å². The molecule has 0 atom stereocenters. The minimum atomic E-state index is -0.988. The van der Waals surface area contributed by atoms with Gasteiger partial charge in [-0.1, -0.05) is 12.1 Å². The highest BCUT2D eigenvalue weighted by atomic mass is 32.1. The Morgan fingerprint density at radius 2 is 2.25 bits per heavy atom. The van der Waals surface area contributed by atoms with Crippen LogP contribution in [0.1, 0.15) is 26.6 Å². The fourth-order valence-electron chi connectivity index (χ4n) is 1.85. The van der Waals surface area contributed by atoms with E-state index in [1.54, 1.807) is 12.5 Å². The van der Waals surface area contributed by atoms with E-state index < -0.39 is 5.97 Å². The van der Waals surface area contributed by atoms with Gasteiger partial charge >= 0.3 is 5.97 Å². The lowest BCUT2D eigenvalue weighted by atomic mass is 10.1. The SMILES string of the molecule is COc1ccc(CNCc2nc(C(=O)O)cs2)cc1C. The molecule has 20 heavy (non-hydrogen) atoms. The molecule has 1 aromatic heterocycles. The Morgan fingerprint density at radius 3 is 2.85 bits per heavy atom. The molecular formula is C14H16N2O3S. The number of hydrogen-bond donors (Lipinski definition) is 2. The number of benzene rings is 1. The van der Waals surface area contributed by atoms with E-state index in [0.29, 0.717) is 13.1 Å². The Labute approximate surface area is 121 Å². The highest BCUT2D eigenvalue weighted by Gasteiger charge is 2.08. The Morgan fingerprint density at radius 1 is 1.45 bits per heavy atom. The molecule has 0 radical (unpaired) electrons. The average molecular weight is 292 g/mol. The second-order valence-corrected chi connectivity index (χ2v) is 5.28. The van der Waals surface area contributed by atoms with Gasteiger partial charge in [0.25, 0.3) is 0 Å². The summed E-state index contributed by atoms with van der Waals surface area (Å²) in [6, 6.07) is 6.01. The maximum absolute atomic E-state index is 10.7. The van der Waals surface area contributed by atoms with Crippen LogP contribution in [0.4, 0.5) is 0 Å². The summed E-state index contributed by atoms with van der Waals surface area (Å²) in [5, 5.41) is 14.4. The van der Waals surface area contributed by atoms with Crippen molar-refractivity contribution >= 4 is 17.3 Å². The first-order chi connectivity index (χ1) is 9.60. The summed E-state index contributed by atoms with van der Waals surface area (Å²) in [5.41, 5.74) is 2.35. The van der Waals surface area contributed by atoms with Gasteiger partial charge < -0.3 is 15.2 Å². The molecule has 0 bridgehead atoms. The van der Waals surface area contributed by atoms with Crippen LogP contribution in [-0.4, -0.2) is 23.2 Å². The first-order valence-electron chi connectivity index (χ1n) is 6.12. The van der Waals surface area contributed by atoms with Crippen molar-refractivity contribution in [2.75, 3.05) is 7.11 Å². The first kappa shape index (κ1) is 14.5. The Kier molecular flexibility index (Phi) is 4.70. The maximum Gasteiger partial charge on any atom is 0.355 e. The van der Waals surface area contributed by atoms with Crippen molar-refractivity contribution in [1.29, 1.82) is 0 Å². The zero-order chi connectivity index (χ0) is 14.5. The van der Waals surface area contributed by atoms with Crippen molar-refractivity contribution in [3.8, 4) is 5.75 Å². The molecule has 0 saturated heterocycles. The van der Waals surface area contributed by atoms with Crippen LogP contribution in [0.25, 0.3) is 0 Å². The quantitative estimate of drug-likeness (QED) is 0.855. The lowest BCUT2D eigenvalue weighted by molar-refractivity contribution is 0.0691. The molecule has 0 amide bonds. The van der Waals surface area contributed by atoms with Crippen molar-refractivity contribution in [1.82, 2.24) is 10.3 Å². The number of ether oxygens (including phenoxy) is 1. The summed E-state index contributed by atoms with van der Waals surface area (Å²) in [5.74, 6) is -0.113. The minimum absolute atomic E-state index is 0.104. The molecule has 0 aliphatic heterocycles. The van der Waals surface area contributed by atoms with E-state index in [1.165, 1.54) is 11.3 Å². The third kappa shape index (κ3) is 3.55. The number of nitrogens with zero attached hydrogens (tertiary/aromatic N) is 1. The highest BCUT2D eigenvalue weighted by Crippen LogP contribution is 2.18. The molecule has 106 valence electrons. The van der Waals surface area contributed by atoms with E-state index in [0.717, 1.165) is 21.9 Å². The van der Waals surface area contributed by atoms with E-state index >= 15 is 0 Å². The molecule has 1 aromatic carbocycles. The largest absolute Gasteiger partial charge is 0.496 e. The predicted molar refractivity (Wildman–Crippen MR) is 77.3 cm³/mol. The van der Waals surface area contributed by atoms with Crippen LogP contribution >= 0.6 is 11.3 Å². The van der Waals surface area contributed by atoms with Gasteiger partial charge in [-0.2, -0.15) is 0 Å². The first-order valence-corrected chi connectivity index (χ1v) is 7.00. The molecule has 0 saturated carbocycles. The van der Waals surface area contributed by atoms with E-state index in [-0.39, 0.29) is 5.69 Å². The number of rotatable bonds is 6. The number of hydrogen-bond acceptors (Lipinski definition) is 5. The smallest absolute Gasteiger partial charge is 0.355 e. The summed E-state index contributed by atoms with van der Waals surface area (Å²) >= 11 is 1.35. The number of thiazole rings is 1. The summed E-state index contributed by atoms with van der Waals surface area (Å²) in [7, 11) is 1.66. The monoisotopic (exact) mass is 292 g/mol. The van der Waals surface area contributed by atoms with Crippen LogP contribution in [0, 0.1) is 6.92 Å². The Hall–Kier alpha value is -1.92. The number of aromatic carboxylic acids is 1. The molecule has 0 aliphatic rings. The molecule has 5 nitrogen and oxygen atoms in total. The number of aryl methyl sites for hydroxylation is 1. The normalized spacial score (nSPS) is 10.5. The fraction of sp³-hybridized carbons (Fsp3) is 0.286. The number of carbonyl (C=O) groups is 1. The lowest BCUT2D eigenvalue weighted by Crippen LogP contribution is -2.13. The molecule has 0 spiro atoms. The van der Waals surface area contributed by atoms with E-state index in [1.807, 2.05) is 19.1 Å². The van der Waals surface area contributed by atoms with E-state index in [9.17, 15) is 4.79 Å². The number of methoxy groups -OCH3 is 1. The molecule has 0 fully saturated rings. The molecule has 1 heterocycles. The van der Waals surface area contributed by atoms with Crippen molar-refractivity contribution < 1.29 is 14.6 Å². The number of carboxylic acids is 1. The molecule has 0 unspecified atom stereocenters. The average Bonchev–Trinajstić information content (AvgIpc) is 2.88. The zero-order valence-electron chi connectivity index (χ0n) is 11.3. The molecule has 2 N–H and O–H groups in total. The number of carboxylic acid groups (broad SMARTS) is 1. The summed E-state index contributed by atoms with van der Waals surface area (Å²) in [6.45, 7) is 3.26. The molecule has 2 aromatic rings. The molecular weight excluding hydrogens is 276 g/mol. The highest BCUT2D eigenvalue weighted by molar-refractivity contribution is 7.09. The van der Waals surface area contributed by atoms with Gasteiger partial charge in [-0.15, -0.1) is 11.3 Å². The number of nitrogens with one attached hydrogen (secondary N) is 1. The Bertz CT molecular complexity index is 610. The summed E-state index contributed by atoms with van der Waals surface area (Å²) in [6.07, 6.45) is 0. The van der Waals surface area contributed by atoms with Gasteiger partial charge in [0.05, 0.1) is 7.11 Å². The summed E-state index contributed by atoms with van der Waals surface area (Å²) in [4.78, 5) is 14.7. The van der Waals surface area contributed by atoms with E-state index in [4.69, 9.17) is 9.84 Å². The third-order valence-electron chi connectivity index (χ3n) is 2.84. The Balaban J connectivity index is 1.89. The lowest BCUT2D eigenvalue weighted by Gasteiger charge is -2.08. The molecule has 2 rings (SSSR count). The molecule has 6 heteroatoms. The second-order valence-electron chi connectivity index (χ2n) is 4.34. The van der Waals surface area contributed by atoms with Crippen LogP contribution in [0.2, 0.25) is 0 Å². The zero-order valence-corrected chi connectivity index (χ0v) is 12.2.